The van der Waals surface area contributed by atoms with Crippen molar-refractivity contribution in [3.05, 3.63) is 21.7 Å². The molecule has 0 spiro atoms. The third-order valence-electron chi connectivity index (χ3n) is 3.16. The molecule has 0 aliphatic carbocycles. The second-order valence-corrected chi connectivity index (χ2v) is 5.65. The summed E-state index contributed by atoms with van der Waals surface area (Å²) >= 11 is 1.30. The highest BCUT2D eigenvalue weighted by Crippen LogP contribution is 2.28. The van der Waals surface area contributed by atoms with E-state index in [4.69, 9.17) is 0 Å². The number of rotatable bonds is 6. The summed E-state index contributed by atoms with van der Waals surface area (Å²) in [6.45, 7) is 5.52. The Labute approximate surface area is 125 Å². The molecule has 0 saturated heterocycles. The van der Waals surface area contributed by atoms with E-state index in [-0.39, 0.29) is 23.6 Å². The van der Waals surface area contributed by atoms with Crippen LogP contribution in [0.4, 0.5) is 11.6 Å². The molecule has 1 amide bonds. The van der Waals surface area contributed by atoms with Gasteiger partial charge in [-0.1, -0.05) is 18.3 Å². The maximum Gasteiger partial charge on any atom is 0.372 e. The summed E-state index contributed by atoms with van der Waals surface area (Å²) in [4.78, 5) is 27.3. The summed E-state index contributed by atoms with van der Waals surface area (Å²) in [5, 5.41) is 18.5. The molecule has 9 heteroatoms. The number of hydrogen-bond donors (Lipinski definition) is 2. The number of nitrogens with zero attached hydrogens (tertiary/aromatic N) is 3. The fourth-order valence-electron chi connectivity index (χ4n) is 1.79. The lowest BCUT2D eigenvalue weighted by atomic mass is 10.2. The Balaban J connectivity index is 2.19. The molecule has 0 aromatic carbocycles. The van der Waals surface area contributed by atoms with Crippen molar-refractivity contribution in [1.29, 1.82) is 0 Å². The van der Waals surface area contributed by atoms with E-state index in [0.717, 1.165) is 6.42 Å². The number of hydrogen-bond acceptors (Lipinski definition) is 6. The Kier molecular flexibility index (Phi) is 4.41. The number of amides is 1. The van der Waals surface area contributed by atoms with Crippen LogP contribution in [0.1, 0.15) is 27.2 Å². The molecule has 114 valence electrons. The fraction of sp³-hybridized carbons (Fsp3) is 0.500. The minimum Gasteiger partial charge on any atom is -0.358 e. The van der Waals surface area contributed by atoms with Crippen LogP contribution >= 0.6 is 11.3 Å². The van der Waals surface area contributed by atoms with Crippen molar-refractivity contribution in [3.8, 4) is 0 Å². The standard InChI is InChI=1S/C12H17N5O3S/c1-4-7(2)13-10(18)8(3)14-9-11(17(19)20)16-5-6-21-12(16)15-9/h5-8,14H,4H2,1-3H3,(H,13,18). The van der Waals surface area contributed by atoms with E-state index in [0.29, 0.717) is 4.96 Å². The van der Waals surface area contributed by atoms with Crippen LogP contribution in [0, 0.1) is 10.1 Å². The molecule has 2 aromatic heterocycles. The predicted octanol–water partition coefficient (Wildman–Crippen LogP) is 2.02. The van der Waals surface area contributed by atoms with Crippen molar-refractivity contribution in [2.24, 2.45) is 0 Å². The van der Waals surface area contributed by atoms with Gasteiger partial charge in [0, 0.05) is 11.4 Å². The van der Waals surface area contributed by atoms with E-state index in [9.17, 15) is 14.9 Å². The number of carbonyl (C=O) groups excluding carboxylic acids is 1. The summed E-state index contributed by atoms with van der Waals surface area (Å²) < 4.78 is 1.40. The molecular formula is C12H17N5O3S. The maximum absolute atomic E-state index is 12.0. The zero-order valence-electron chi connectivity index (χ0n) is 12.0. The lowest BCUT2D eigenvalue weighted by Gasteiger charge is -2.16. The Morgan fingerprint density at radius 3 is 2.90 bits per heavy atom. The second kappa shape index (κ2) is 6.08. The first-order chi connectivity index (χ1) is 9.93. The van der Waals surface area contributed by atoms with Crippen LogP contribution in [0.25, 0.3) is 4.96 Å². The molecule has 0 bridgehead atoms. The summed E-state index contributed by atoms with van der Waals surface area (Å²) in [6.07, 6.45) is 2.40. The van der Waals surface area contributed by atoms with Gasteiger partial charge in [-0.05, 0) is 25.2 Å². The molecule has 2 unspecified atom stereocenters. The first kappa shape index (κ1) is 15.2. The van der Waals surface area contributed by atoms with E-state index >= 15 is 0 Å². The number of aromatic nitrogens is 2. The summed E-state index contributed by atoms with van der Waals surface area (Å²) in [5.74, 6) is -0.261. The zero-order valence-corrected chi connectivity index (χ0v) is 12.8. The number of nitrogens with one attached hydrogen (secondary N) is 2. The second-order valence-electron chi connectivity index (χ2n) is 4.78. The normalized spacial score (nSPS) is 13.9. The summed E-state index contributed by atoms with van der Waals surface area (Å²) in [5.41, 5.74) is 0. The number of carbonyl (C=O) groups is 1. The average molecular weight is 311 g/mol. The summed E-state index contributed by atoms with van der Waals surface area (Å²) in [7, 11) is 0. The van der Waals surface area contributed by atoms with Gasteiger partial charge in [0.2, 0.25) is 11.7 Å². The monoisotopic (exact) mass is 311 g/mol. The van der Waals surface area contributed by atoms with Gasteiger partial charge in [0.05, 0.1) is 0 Å². The molecule has 2 aromatic rings. The molecule has 2 N–H and O–H groups in total. The van der Waals surface area contributed by atoms with Gasteiger partial charge >= 0.3 is 5.82 Å². The Hall–Kier alpha value is -2.16. The number of nitro groups is 1. The maximum atomic E-state index is 12.0. The van der Waals surface area contributed by atoms with Crippen molar-refractivity contribution in [1.82, 2.24) is 14.7 Å². The molecular weight excluding hydrogens is 294 g/mol. The van der Waals surface area contributed by atoms with Crippen molar-refractivity contribution in [2.75, 3.05) is 5.32 Å². The van der Waals surface area contributed by atoms with Crippen molar-refractivity contribution in [2.45, 2.75) is 39.3 Å². The van der Waals surface area contributed by atoms with Gasteiger partial charge in [-0.2, -0.15) is 9.38 Å². The van der Waals surface area contributed by atoms with E-state index in [1.807, 2.05) is 13.8 Å². The van der Waals surface area contributed by atoms with Crippen LogP contribution in [0.2, 0.25) is 0 Å². The van der Waals surface area contributed by atoms with Crippen LogP contribution in [-0.2, 0) is 4.79 Å². The highest BCUT2D eigenvalue weighted by molar-refractivity contribution is 7.15. The van der Waals surface area contributed by atoms with Crippen LogP contribution in [-0.4, -0.2) is 32.3 Å². The third-order valence-corrected chi connectivity index (χ3v) is 3.91. The van der Waals surface area contributed by atoms with Crippen molar-refractivity contribution in [3.63, 3.8) is 0 Å². The Morgan fingerprint density at radius 1 is 1.57 bits per heavy atom. The van der Waals surface area contributed by atoms with E-state index in [2.05, 4.69) is 15.6 Å². The molecule has 0 fully saturated rings. The van der Waals surface area contributed by atoms with Crippen molar-refractivity contribution >= 4 is 33.8 Å². The van der Waals surface area contributed by atoms with Gasteiger partial charge < -0.3 is 20.7 Å². The van der Waals surface area contributed by atoms with Crippen molar-refractivity contribution < 1.29 is 9.72 Å². The molecule has 8 nitrogen and oxygen atoms in total. The molecule has 0 aliphatic heterocycles. The first-order valence-electron chi connectivity index (χ1n) is 6.60. The number of anilines is 1. The minimum atomic E-state index is -0.609. The van der Waals surface area contributed by atoms with Crippen LogP contribution in [0.3, 0.4) is 0 Å². The van der Waals surface area contributed by atoms with E-state index in [1.54, 1.807) is 18.5 Å². The lowest BCUT2D eigenvalue weighted by Crippen LogP contribution is -2.42. The van der Waals surface area contributed by atoms with Crippen LogP contribution in [0.5, 0.6) is 0 Å². The molecule has 21 heavy (non-hydrogen) atoms. The third kappa shape index (κ3) is 3.13. The van der Waals surface area contributed by atoms with Gasteiger partial charge in [0.15, 0.2) is 0 Å². The SMILES string of the molecule is CCC(C)NC(=O)C(C)Nc1nc2sccn2c1[N+](=O)[O-]. The smallest absolute Gasteiger partial charge is 0.358 e. The highest BCUT2D eigenvalue weighted by atomic mass is 32.1. The molecule has 0 radical (unpaired) electrons. The predicted molar refractivity (Wildman–Crippen MR) is 80.7 cm³/mol. The zero-order chi connectivity index (χ0) is 15.6. The molecule has 0 saturated carbocycles. The van der Waals surface area contributed by atoms with Gasteiger partial charge in [0.25, 0.3) is 4.96 Å². The van der Waals surface area contributed by atoms with E-state index in [1.165, 1.54) is 15.7 Å². The largest absolute Gasteiger partial charge is 0.372 e. The highest BCUT2D eigenvalue weighted by Gasteiger charge is 2.26. The van der Waals surface area contributed by atoms with Crippen LogP contribution < -0.4 is 10.6 Å². The lowest BCUT2D eigenvalue weighted by molar-refractivity contribution is -0.389. The average Bonchev–Trinajstić information content (AvgIpc) is 2.97. The van der Waals surface area contributed by atoms with Gasteiger partial charge in [-0.25, -0.2) is 0 Å². The Bertz CT molecular complexity index is 665. The van der Waals surface area contributed by atoms with Crippen LogP contribution in [0.15, 0.2) is 11.6 Å². The van der Waals surface area contributed by atoms with E-state index < -0.39 is 11.0 Å². The van der Waals surface area contributed by atoms with Gasteiger partial charge in [-0.15, -0.1) is 0 Å². The summed E-state index contributed by atoms with van der Waals surface area (Å²) in [6, 6.07) is -0.551. The molecule has 2 heterocycles. The molecule has 0 aliphatic rings. The topological polar surface area (TPSA) is 102 Å². The quantitative estimate of drug-likeness (QED) is 0.627. The number of fused-ring (bicyclic) bond motifs is 1. The Morgan fingerprint density at radius 2 is 2.29 bits per heavy atom. The van der Waals surface area contributed by atoms with Gasteiger partial charge in [0.1, 0.15) is 12.2 Å². The fourth-order valence-corrected chi connectivity index (χ4v) is 2.49. The number of imidazole rings is 1. The minimum absolute atomic E-state index is 0.0576. The first-order valence-corrected chi connectivity index (χ1v) is 7.48. The molecule has 2 atom stereocenters. The number of thiazole rings is 1. The molecule has 2 rings (SSSR count). The van der Waals surface area contributed by atoms with Gasteiger partial charge in [-0.3, -0.25) is 4.79 Å².